The van der Waals surface area contributed by atoms with Gasteiger partial charge in [0.15, 0.2) is 6.61 Å². The Labute approximate surface area is 171 Å². The average molecular weight is 419 g/mol. The fourth-order valence-corrected chi connectivity index (χ4v) is 3.31. The van der Waals surface area contributed by atoms with E-state index in [9.17, 15) is 14.4 Å². The lowest BCUT2D eigenvalue weighted by Gasteiger charge is -2.21. The SMILES string of the molecule is CCCN(Cc1nnc(-c2cccs2)o1)C(=O)COC(=O)C1=NN(C)C(=O)CC1. The van der Waals surface area contributed by atoms with Crippen molar-refractivity contribution in [1.29, 1.82) is 0 Å². The highest BCUT2D eigenvalue weighted by atomic mass is 32.1. The molecule has 10 nitrogen and oxygen atoms in total. The van der Waals surface area contributed by atoms with Crippen molar-refractivity contribution in [2.75, 3.05) is 20.2 Å². The van der Waals surface area contributed by atoms with Crippen LogP contribution in [0.25, 0.3) is 10.8 Å². The van der Waals surface area contributed by atoms with Gasteiger partial charge in [-0.25, -0.2) is 9.80 Å². The van der Waals surface area contributed by atoms with Gasteiger partial charge in [-0.05, 0) is 17.9 Å². The van der Waals surface area contributed by atoms with Crippen LogP contribution in [0, 0.1) is 0 Å². The first-order chi connectivity index (χ1) is 14.0. The molecule has 29 heavy (non-hydrogen) atoms. The van der Waals surface area contributed by atoms with Crippen LogP contribution in [0.3, 0.4) is 0 Å². The zero-order chi connectivity index (χ0) is 20.8. The summed E-state index contributed by atoms with van der Waals surface area (Å²) in [6, 6.07) is 3.75. The maximum absolute atomic E-state index is 12.5. The molecule has 2 amide bonds. The Kier molecular flexibility index (Phi) is 6.70. The van der Waals surface area contributed by atoms with Crippen LogP contribution in [0.5, 0.6) is 0 Å². The number of hydrogen-bond donors (Lipinski definition) is 0. The second kappa shape index (κ2) is 9.41. The van der Waals surface area contributed by atoms with Gasteiger partial charge in [0.2, 0.25) is 11.8 Å². The number of hydrazone groups is 1. The zero-order valence-corrected chi connectivity index (χ0v) is 17.0. The maximum Gasteiger partial charge on any atom is 0.355 e. The van der Waals surface area contributed by atoms with Crippen LogP contribution < -0.4 is 0 Å². The van der Waals surface area contributed by atoms with E-state index in [0.717, 1.165) is 9.89 Å². The molecule has 0 radical (unpaired) electrons. The number of carbonyl (C=O) groups is 3. The molecule has 0 bridgehead atoms. The Hall–Kier alpha value is -3.08. The average Bonchev–Trinajstić information content (AvgIpc) is 3.39. The quantitative estimate of drug-likeness (QED) is 0.597. The number of thiophene rings is 1. The van der Waals surface area contributed by atoms with Crippen LogP contribution in [0.15, 0.2) is 27.0 Å². The molecular formula is C18H21N5O5S. The van der Waals surface area contributed by atoms with Crippen LogP contribution in [0.2, 0.25) is 0 Å². The first-order valence-corrected chi connectivity index (χ1v) is 10.0. The summed E-state index contributed by atoms with van der Waals surface area (Å²) < 4.78 is 10.7. The van der Waals surface area contributed by atoms with Crippen LogP contribution >= 0.6 is 11.3 Å². The lowest BCUT2D eigenvalue weighted by molar-refractivity contribution is -0.147. The van der Waals surface area contributed by atoms with Crippen LogP contribution in [-0.4, -0.2) is 63.8 Å². The minimum absolute atomic E-state index is 0.124. The standard InChI is InChI=1S/C18H21N5O5S/c1-3-8-23(10-14-19-20-17(28-14)13-5-4-9-29-13)16(25)11-27-18(26)12-6-7-15(24)22(2)21-12/h4-5,9H,3,6-8,10-11H2,1-2H3. The second-order valence-corrected chi connectivity index (χ2v) is 7.28. The summed E-state index contributed by atoms with van der Waals surface area (Å²) >= 11 is 1.48. The predicted octanol–water partition coefficient (Wildman–Crippen LogP) is 1.69. The number of amides is 2. The van der Waals surface area contributed by atoms with Crippen molar-refractivity contribution in [3.8, 4) is 10.8 Å². The van der Waals surface area contributed by atoms with Crippen molar-refractivity contribution in [1.82, 2.24) is 20.1 Å². The number of aromatic nitrogens is 2. The molecule has 0 N–H and O–H groups in total. The van der Waals surface area contributed by atoms with Gasteiger partial charge in [-0.1, -0.05) is 13.0 Å². The van der Waals surface area contributed by atoms with E-state index in [1.807, 2.05) is 24.4 Å². The van der Waals surface area contributed by atoms with Gasteiger partial charge in [-0.3, -0.25) is 9.59 Å². The van der Waals surface area contributed by atoms with E-state index in [1.54, 1.807) is 0 Å². The van der Waals surface area contributed by atoms with E-state index >= 15 is 0 Å². The molecule has 11 heteroatoms. The number of hydrogen-bond acceptors (Lipinski definition) is 9. The molecule has 3 rings (SSSR count). The van der Waals surface area contributed by atoms with Gasteiger partial charge < -0.3 is 14.1 Å². The summed E-state index contributed by atoms with van der Waals surface area (Å²) in [6.07, 6.45) is 1.09. The normalized spacial score (nSPS) is 13.9. The molecule has 2 aromatic heterocycles. The number of esters is 1. The monoisotopic (exact) mass is 419 g/mol. The molecule has 0 fully saturated rings. The number of carbonyl (C=O) groups excluding carboxylic acids is 3. The summed E-state index contributed by atoms with van der Waals surface area (Å²) in [5.74, 6) is -0.547. The fourth-order valence-electron chi connectivity index (χ4n) is 2.66. The lowest BCUT2D eigenvalue weighted by Crippen LogP contribution is -2.37. The van der Waals surface area contributed by atoms with Crippen LogP contribution in [0.1, 0.15) is 32.1 Å². The van der Waals surface area contributed by atoms with Gasteiger partial charge in [-0.2, -0.15) is 5.10 Å². The van der Waals surface area contributed by atoms with Gasteiger partial charge in [0.1, 0.15) is 5.71 Å². The van der Waals surface area contributed by atoms with E-state index in [2.05, 4.69) is 15.3 Å². The third kappa shape index (κ3) is 5.25. The second-order valence-electron chi connectivity index (χ2n) is 6.33. The van der Waals surface area contributed by atoms with Crippen LogP contribution in [0.4, 0.5) is 0 Å². The van der Waals surface area contributed by atoms with Crippen molar-refractivity contribution in [2.24, 2.45) is 5.10 Å². The van der Waals surface area contributed by atoms with Crippen molar-refractivity contribution in [3.05, 3.63) is 23.4 Å². The largest absolute Gasteiger partial charge is 0.451 e. The summed E-state index contributed by atoms with van der Waals surface area (Å²) in [5, 5.41) is 14.9. The summed E-state index contributed by atoms with van der Waals surface area (Å²) in [4.78, 5) is 38.4. The summed E-state index contributed by atoms with van der Waals surface area (Å²) in [5.41, 5.74) is 0.124. The molecule has 0 spiro atoms. The molecular weight excluding hydrogens is 398 g/mol. The molecule has 0 unspecified atom stereocenters. The molecule has 1 aliphatic heterocycles. The van der Waals surface area contributed by atoms with E-state index in [1.165, 1.54) is 23.3 Å². The Morgan fingerprint density at radius 1 is 1.34 bits per heavy atom. The van der Waals surface area contributed by atoms with E-state index in [4.69, 9.17) is 9.15 Å². The summed E-state index contributed by atoms with van der Waals surface area (Å²) in [6.45, 7) is 2.08. The fraction of sp³-hybridized carbons (Fsp3) is 0.444. The molecule has 154 valence electrons. The van der Waals surface area contributed by atoms with Gasteiger partial charge in [0, 0.05) is 26.4 Å². The Bertz CT molecular complexity index is 908. The van der Waals surface area contributed by atoms with Gasteiger partial charge in [-0.15, -0.1) is 21.5 Å². The Morgan fingerprint density at radius 3 is 2.86 bits per heavy atom. The van der Waals surface area contributed by atoms with Gasteiger partial charge in [0.05, 0.1) is 11.4 Å². The number of rotatable bonds is 8. The minimum Gasteiger partial charge on any atom is -0.451 e. The number of nitrogens with zero attached hydrogens (tertiary/aromatic N) is 5. The highest BCUT2D eigenvalue weighted by Crippen LogP contribution is 2.23. The Balaban J connectivity index is 1.57. The summed E-state index contributed by atoms with van der Waals surface area (Å²) in [7, 11) is 1.47. The highest BCUT2D eigenvalue weighted by Gasteiger charge is 2.25. The first-order valence-electron chi connectivity index (χ1n) is 9.13. The van der Waals surface area contributed by atoms with E-state index in [0.29, 0.717) is 24.7 Å². The van der Waals surface area contributed by atoms with Crippen molar-refractivity contribution in [3.63, 3.8) is 0 Å². The Morgan fingerprint density at radius 2 is 2.17 bits per heavy atom. The smallest absolute Gasteiger partial charge is 0.355 e. The third-order valence-electron chi connectivity index (χ3n) is 4.14. The lowest BCUT2D eigenvalue weighted by atomic mass is 10.2. The van der Waals surface area contributed by atoms with Gasteiger partial charge >= 0.3 is 5.97 Å². The topological polar surface area (TPSA) is 118 Å². The third-order valence-corrected chi connectivity index (χ3v) is 5.00. The molecule has 0 atom stereocenters. The molecule has 0 saturated heterocycles. The first kappa shape index (κ1) is 20.6. The highest BCUT2D eigenvalue weighted by molar-refractivity contribution is 7.13. The maximum atomic E-state index is 12.5. The molecule has 0 aromatic carbocycles. The van der Waals surface area contributed by atoms with E-state index < -0.39 is 12.6 Å². The van der Waals surface area contributed by atoms with Crippen LogP contribution in [-0.2, 0) is 25.7 Å². The van der Waals surface area contributed by atoms with Crippen molar-refractivity contribution in [2.45, 2.75) is 32.7 Å². The molecule has 2 aromatic rings. The van der Waals surface area contributed by atoms with Gasteiger partial charge in [0.25, 0.3) is 11.8 Å². The van der Waals surface area contributed by atoms with Crippen molar-refractivity contribution < 1.29 is 23.5 Å². The zero-order valence-electron chi connectivity index (χ0n) is 16.2. The number of ether oxygens (including phenoxy) is 1. The molecule has 1 aliphatic rings. The minimum atomic E-state index is -0.702. The molecule has 0 saturated carbocycles. The van der Waals surface area contributed by atoms with E-state index in [-0.39, 0.29) is 36.9 Å². The predicted molar refractivity (Wildman–Crippen MR) is 104 cm³/mol. The van der Waals surface area contributed by atoms with Crippen molar-refractivity contribution >= 4 is 34.8 Å². The molecule has 0 aliphatic carbocycles. The molecule has 3 heterocycles.